The first-order valence-corrected chi connectivity index (χ1v) is 6.19. The van der Waals surface area contributed by atoms with Crippen molar-refractivity contribution in [2.24, 2.45) is 10.7 Å². The van der Waals surface area contributed by atoms with Gasteiger partial charge in [0.15, 0.2) is 0 Å². The highest BCUT2D eigenvalue weighted by Gasteiger charge is 1.99. The Bertz CT molecular complexity index is 334. The van der Waals surface area contributed by atoms with Gasteiger partial charge in [0.1, 0.15) is 5.84 Å². The lowest BCUT2D eigenvalue weighted by atomic mass is 10.2. The van der Waals surface area contributed by atoms with Gasteiger partial charge in [-0.3, -0.25) is 4.99 Å². The molecule has 2 N–H and O–H groups in total. The largest absolute Gasteiger partial charge is 0.387 e. The summed E-state index contributed by atoms with van der Waals surface area (Å²) >= 11 is 1.75. The zero-order chi connectivity index (χ0) is 11.1. The van der Waals surface area contributed by atoms with Crippen LogP contribution in [0.4, 0.5) is 0 Å². The van der Waals surface area contributed by atoms with Crippen LogP contribution in [0.25, 0.3) is 0 Å². The molecule has 0 fully saturated rings. The second-order valence-electron chi connectivity index (χ2n) is 3.43. The standard InChI is InChI=1S/C12H18N2S/c1-3-8-14-12(13)9-15-11-7-5-4-6-10(11)2/h4-7H,3,8-9H2,1-2H3,(H2,13,14). The van der Waals surface area contributed by atoms with E-state index >= 15 is 0 Å². The molecule has 15 heavy (non-hydrogen) atoms. The maximum absolute atomic E-state index is 5.79. The van der Waals surface area contributed by atoms with E-state index in [2.05, 4.69) is 37.0 Å². The lowest BCUT2D eigenvalue weighted by Crippen LogP contribution is -2.15. The van der Waals surface area contributed by atoms with Crippen molar-refractivity contribution in [3.8, 4) is 0 Å². The third kappa shape index (κ3) is 4.38. The predicted molar refractivity (Wildman–Crippen MR) is 68.7 cm³/mol. The Balaban J connectivity index is 2.47. The minimum Gasteiger partial charge on any atom is -0.387 e. The number of benzene rings is 1. The van der Waals surface area contributed by atoms with Gasteiger partial charge in [0, 0.05) is 11.4 Å². The van der Waals surface area contributed by atoms with Crippen LogP contribution < -0.4 is 5.73 Å². The van der Waals surface area contributed by atoms with Crippen molar-refractivity contribution in [2.75, 3.05) is 12.3 Å². The highest BCUT2D eigenvalue weighted by molar-refractivity contribution is 8.00. The monoisotopic (exact) mass is 222 g/mol. The van der Waals surface area contributed by atoms with Crippen LogP contribution in [-0.2, 0) is 0 Å². The Morgan fingerprint density at radius 3 is 2.80 bits per heavy atom. The van der Waals surface area contributed by atoms with E-state index in [9.17, 15) is 0 Å². The van der Waals surface area contributed by atoms with Crippen LogP contribution in [0.15, 0.2) is 34.2 Å². The molecule has 0 aliphatic carbocycles. The third-order valence-corrected chi connectivity index (χ3v) is 3.22. The molecule has 0 saturated heterocycles. The molecule has 0 atom stereocenters. The molecule has 1 aromatic carbocycles. The number of aliphatic imine (C=N–C) groups is 1. The van der Waals surface area contributed by atoms with Gasteiger partial charge in [-0.15, -0.1) is 11.8 Å². The summed E-state index contributed by atoms with van der Waals surface area (Å²) in [5.74, 6) is 1.52. The molecule has 0 saturated carbocycles. The Morgan fingerprint density at radius 2 is 2.13 bits per heavy atom. The fraction of sp³-hybridized carbons (Fsp3) is 0.417. The first-order valence-electron chi connectivity index (χ1n) is 5.21. The van der Waals surface area contributed by atoms with E-state index in [-0.39, 0.29) is 0 Å². The fourth-order valence-corrected chi connectivity index (χ4v) is 2.04. The molecular formula is C12H18N2S. The van der Waals surface area contributed by atoms with Crippen LogP contribution in [0.3, 0.4) is 0 Å². The first-order chi connectivity index (χ1) is 7.24. The predicted octanol–water partition coefficient (Wildman–Crippen LogP) is 2.85. The summed E-state index contributed by atoms with van der Waals surface area (Å²) in [6.45, 7) is 5.05. The average Bonchev–Trinajstić information content (AvgIpc) is 2.25. The molecule has 0 radical (unpaired) electrons. The van der Waals surface area contributed by atoms with Crippen molar-refractivity contribution in [1.82, 2.24) is 0 Å². The Hall–Kier alpha value is -0.960. The molecule has 82 valence electrons. The second-order valence-corrected chi connectivity index (χ2v) is 4.44. The summed E-state index contributed by atoms with van der Waals surface area (Å²) < 4.78 is 0. The van der Waals surface area contributed by atoms with Crippen LogP contribution in [0, 0.1) is 6.92 Å². The normalized spacial score (nSPS) is 11.7. The van der Waals surface area contributed by atoms with E-state index in [1.54, 1.807) is 11.8 Å². The summed E-state index contributed by atoms with van der Waals surface area (Å²) in [4.78, 5) is 5.55. The zero-order valence-corrected chi connectivity index (χ0v) is 10.2. The molecule has 0 amide bonds. The molecule has 0 heterocycles. The number of hydrogen-bond donors (Lipinski definition) is 1. The summed E-state index contributed by atoms with van der Waals surface area (Å²) in [6, 6.07) is 8.33. The first kappa shape index (κ1) is 12.1. The van der Waals surface area contributed by atoms with Crippen molar-refractivity contribution in [3.05, 3.63) is 29.8 Å². The summed E-state index contributed by atoms with van der Waals surface area (Å²) in [6.07, 6.45) is 1.05. The van der Waals surface area contributed by atoms with E-state index in [4.69, 9.17) is 5.73 Å². The maximum atomic E-state index is 5.79. The number of nitrogens with zero attached hydrogens (tertiary/aromatic N) is 1. The lowest BCUT2D eigenvalue weighted by molar-refractivity contribution is 0.929. The van der Waals surface area contributed by atoms with E-state index in [0.717, 1.165) is 24.6 Å². The smallest absolute Gasteiger partial charge is 0.104 e. The molecule has 2 nitrogen and oxygen atoms in total. The molecule has 0 bridgehead atoms. The van der Waals surface area contributed by atoms with Gasteiger partial charge in [-0.1, -0.05) is 25.1 Å². The molecular weight excluding hydrogens is 204 g/mol. The molecule has 0 aliphatic heterocycles. The number of amidine groups is 1. The number of rotatable bonds is 5. The Kier molecular flexibility index (Phi) is 5.26. The molecule has 0 aromatic heterocycles. The van der Waals surface area contributed by atoms with Crippen molar-refractivity contribution >= 4 is 17.6 Å². The van der Waals surface area contributed by atoms with E-state index in [1.807, 2.05) is 6.07 Å². The van der Waals surface area contributed by atoms with Gasteiger partial charge in [-0.05, 0) is 25.0 Å². The summed E-state index contributed by atoms with van der Waals surface area (Å²) in [7, 11) is 0. The Morgan fingerprint density at radius 1 is 1.40 bits per heavy atom. The van der Waals surface area contributed by atoms with E-state index in [1.165, 1.54) is 10.5 Å². The molecule has 0 aliphatic rings. The second kappa shape index (κ2) is 6.51. The minimum absolute atomic E-state index is 0.741. The van der Waals surface area contributed by atoms with Crippen LogP contribution >= 0.6 is 11.8 Å². The molecule has 3 heteroatoms. The highest BCUT2D eigenvalue weighted by atomic mass is 32.2. The van der Waals surface area contributed by atoms with Crippen molar-refractivity contribution in [3.63, 3.8) is 0 Å². The van der Waals surface area contributed by atoms with Gasteiger partial charge >= 0.3 is 0 Å². The maximum Gasteiger partial charge on any atom is 0.104 e. The molecule has 1 aromatic rings. The highest BCUT2D eigenvalue weighted by Crippen LogP contribution is 2.21. The summed E-state index contributed by atoms with van der Waals surface area (Å²) in [5.41, 5.74) is 7.08. The zero-order valence-electron chi connectivity index (χ0n) is 9.36. The quantitative estimate of drug-likeness (QED) is 0.472. The van der Waals surface area contributed by atoms with Crippen molar-refractivity contribution in [2.45, 2.75) is 25.2 Å². The van der Waals surface area contributed by atoms with Crippen molar-refractivity contribution < 1.29 is 0 Å². The van der Waals surface area contributed by atoms with Gasteiger partial charge in [-0.2, -0.15) is 0 Å². The van der Waals surface area contributed by atoms with Gasteiger partial charge < -0.3 is 5.73 Å². The summed E-state index contributed by atoms with van der Waals surface area (Å²) in [5, 5.41) is 0. The van der Waals surface area contributed by atoms with Crippen molar-refractivity contribution in [1.29, 1.82) is 0 Å². The average molecular weight is 222 g/mol. The number of thioether (sulfide) groups is 1. The lowest BCUT2D eigenvalue weighted by Gasteiger charge is -2.04. The number of aryl methyl sites for hydroxylation is 1. The van der Waals surface area contributed by atoms with Crippen LogP contribution in [0.5, 0.6) is 0 Å². The topological polar surface area (TPSA) is 38.4 Å². The van der Waals surface area contributed by atoms with Gasteiger partial charge in [0.25, 0.3) is 0 Å². The van der Waals surface area contributed by atoms with Gasteiger partial charge in [0.2, 0.25) is 0 Å². The van der Waals surface area contributed by atoms with Crippen LogP contribution in [0.2, 0.25) is 0 Å². The number of nitrogens with two attached hydrogens (primary N) is 1. The molecule has 1 rings (SSSR count). The SMILES string of the molecule is CCCN=C(N)CSc1ccccc1C. The molecule has 0 spiro atoms. The van der Waals surface area contributed by atoms with Crippen LogP contribution in [0.1, 0.15) is 18.9 Å². The number of hydrogen-bond acceptors (Lipinski definition) is 2. The van der Waals surface area contributed by atoms with E-state index in [0.29, 0.717) is 0 Å². The fourth-order valence-electron chi connectivity index (χ4n) is 1.17. The third-order valence-electron chi connectivity index (χ3n) is 2.01. The molecule has 0 unspecified atom stereocenters. The minimum atomic E-state index is 0.741. The Labute approximate surface area is 96.0 Å². The van der Waals surface area contributed by atoms with Gasteiger partial charge in [0.05, 0.1) is 5.75 Å². The van der Waals surface area contributed by atoms with E-state index < -0.39 is 0 Å². The van der Waals surface area contributed by atoms with Gasteiger partial charge in [-0.25, -0.2) is 0 Å². The van der Waals surface area contributed by atoms with Crippen LogP contribution in [-0.4, -0.2) is 18.1 Å².